The van der Waals surface area contributed by atoms with Crippen molar-refractivity contribution in [3.63, 3.8) is 0 Å². The first-order valence-corrected chi connectivity index (χ1v) is 4.05. The molecular formula is C5H8OS2. The number of thioether (sulfide) groups is 1. The second-order valence-corrected chi connectivity index (χ2v) is 3.33. The first-order valence-electron chi connectivity index (χ1n) is 2.66. The molecule has 1 fully saturated rings. The van der Waals surface area contributed by atoms with Crippen molar-refractivity contribution < 1.29 is 4.74 Å². The molecule has 0 aromatic heterocycles. The van der Waals surface area contributed by atoms with E-state index in [0.717, 1.165) is 16.6 Å². The molecule has 0 saturated carbocycles. The first-order chi connectivity index (χ1) is 3.83. The van der Waals surface area contributed by atoms with Crippen LogP contribution in [0.1, 0.15) is 13.3 Å². The van der Waals surface area contributed by atoms with Gasteiger partial charge in [-0.3, -0.25) is 0 Å². The molecule has 0 aliphatic carbocycles. The molecular weight excluding hydrogens is 140 g/mol. The Kier molecular flexibility index (Phi) is 2.14. The third-order valence-electron chi connectivity index (χ3n) is 1.11. The highest BCUT2D eigenvalue weighted by Gasteiger charge is 2.18. The van der Waals surface area contributed by atoms with Gasteiger partial charge in [0, 0.05) is 5.75 Å². The summed E-state index contributed by atoms with van der Waals surface area (Å²) in [5.74, 6) is 1.05. The summed E-state index contributed by atoms with van der Waals surface area (Å²) in [5, 5.41) is 0. The first kappa shape index (κ1) is 6.36. The van der Waals surface area contributed by atoms with Gasteiger partial charge in [0.2, 0.25) is 4.38 Å². The smallest absolute Gasteiger partial charge is 0.220 e. The Balaban J connectivity index is 2.32. The third-order valence-corrected chi connectivity index (χ3v) is 2.43. The molecule has 1 atom stereocenters. The lowest BCUT2D eigenvalue weighted by atomic mass is 10.3. The largest absolute Gasteiger partial charge is 0.474 e. The van der Waals surface area contributed by atoms with Gasteiger partial charge in [-0.2, -0.15) is 0 Å². The van der Waals surface area contributed by atoms with Gasteiger partial charge in [0.1, 0.15) is 6.10 Å². The third kappa shape index (κ3) is 1.36. The molecule has 0 radical (unpaired) electrons. The minimum Gasteiger partial charge on any atom is -0.474 e. The van der Waals surface area contributed by atoms with Gasteiger partial charge < -0.3 is 4.74 Å². The Morgan fingerprint density at radius 1 is 2.00 bits per heavy atom. The summed E-state index contributed by atoms with van der Waals surface area (Å²) in [6.07, 6.45) is 1.47. The molecule has 1 unspecified atom stereocenters. The summed E-state index contributed by atoms with van der Waals surface area (Å²) in [7, 11) is 0. The zero-order chi connectivity index (χ0) is 5.98. The molecule has 0 amide bonds. The van der Waals surface area contributed by atoms with Crippen molar-refractivity contribution >= 4 is 28.4 Å². The van der Waals surface area contributed by atoms with Crippen LogP contribution >= 0.6 is 24.0 Å². The van der Waals surface area contributed by atoms with E-state index >= 15 is 0 Å². The number of rotatable bonds is 1. The average Bonchev–Trinajstić information content (AvgIpc) is 2.14. The highest BCUT2D eigenvalue weighted by atomic mass is 32.2. The van der Waals surface area contributed by atoms with Crippen LogP contribution in [-0.2, 0) is 4.74 Å². The topological polar surface area (TPSA) is 9.23 Å². The maximum absolute atomic E-state index is 5.20. The second kappa shape index (κ2) is 2.69. The maximum Gasteiger partial charge on any atom is 0.220 e. The van der Waals surface area contributed by atoms with Crippen LogP contribution in [0.4, 0.5) is 0 Å². The van der Waals surface area contributed by atoms with Crippen LogP contribution < -0.4 is 0 Å². The summed E-state index contributed by atoms with van der Waals surface area (Å²) in [6.45, 7) is 2.11. The Morgan fingerprint density at radius 3 is 3.00 bits per heavy atom. The number of thiocarbonyl (C=S) groups is 1. The van der Waals surface area contributed by atoms with Crippen molar-refractivity contribution in [1.29, 1.82) is 0 Å². The molecule has 1 aliphatic heterocycles. The van der Waals surface area contributed by atoms with E-state index in [1.165, 1.54) is 0 Å². The molecule has 3 heteroatoms. The Labute approximate surface area is 58.8 Å². The molecule has 1 saturated heterocycles. The van der Waals surface area contributed by atoms with Crippen LogP contribution in [0.2, 0.25) is 0 Å². The van der Waals surface area contributed by atoms with Crippen LogP contribution in [0.15, 0.2) is 0 Å². The summed E-state index contributed by atoms with van der Waals surface area (Å²) >= 11 is 6.44. The molecule has 0 N–H and O–H groups in total. The molecule has 0 aromatic carbocycles. The summed E-state index contributed by atoms with van der Waals surface area (Å²) < 4.78 is 5.92. The fourth-order valence-electron chi connectivity index (χ4n) is 0.566. The van der Waals surface area contributed by atoms with Crippen molar-refractivity contribution in [2.45, 2.75) is 19.4 Å². The van der Waals surface area contributed by atoms with E-state index in [2.05, 4.69) is 6.92 Å². The minimum absolute atomic E-state index is 0.396. The lowest BCUT2D eigenvalue weighted by Crippen LogP contribution is -2.06. The second-order valence-electron chi connectivity index (χ2n) is 1.71. The van der Waals surface area contributed by atoms with E-state index in [4.69, 9.17) is 17.0 Å². The molecule has 0 aromatic rings. The normalized spacial score (nSPS) is 28.1. The molecule has 0 bridgehead atoms. The highest BCUT2D eigenvalue weighted by Crippen LogP contribution is 2.21. The van der Waals surface area contributed by atoms with E-state index in [1.54, 1.807) is 11.8 Å². The van der Waals surface area contributed by atoms with Gasteiger partial charge in [-0.05, 0) is 18.6 Å². The van der Waals surface area contributed by atoms with Gasteiger partial charge in [-0.1, -0.05) is 18.7 Å². The van der Waals surface area contributed by atoms with E-state index in [9.17, 15) is 0 Å². The highest BCUT2D eigenvalue weighted by molar-refractivity contribution is 8.22. The zero-order valence-corrected chi connectivity index (χ0v) is 6.35. The Morgan fingerprint density at radius 2 is 2.75 bits per heavy atom. The zero-order valence-electron chi connectivity index (χ0n) is 4.72. The summed E-state index contributed by atoms with van der Waals surface area (Å²) in [4.78, 5) is 0. The standard InChI is InChI=1S/C5H8OS2/c1-2-4-3-8-5(7)6-4/h4H,2-3H2,1H3. The van der Waals surface area contributed by atoms with Crippen LogP contribution in [0.25, 0.3) is 0 Å². The molecule has 46 valence electrons. The quantitative estimate of drug-likeness (QED) is 0.525. The van der Waals surface area contributed by atoms with Crippen LogP contribution in [0, 0.1) is 0 Å². The Hall–Kier alpha value is 0.240. The molecule has 0 spiro atoms. The van der Waals surface area contributed by atoms with Crippen molar-refractivity contribution in [2.75, 3.05) is 5.75 Å². The lowest BCUT2D eigenvalue weighted by molar-refractivity contribution is 0.231. The number of hydrogen-bond donors (Lipinski definition) is 0. The molecule has 1 rings (SSSR count). The van der Waals surface area contributed by atoms with Crippen molar-refractivity contribution in [3.8, 4) is 0 Å². The summed E-state index contributed by atoms with van der Waals surface area (Å²) in [6, 6.07) is 0. The van der Waals surface area contributed by atoms with Gasteiger partial charge in [-0.25, -0.2) is 0 Å². The monoisotopic (exact) mass is 148 g/mol. The SMILES string of the molecule is CCC1CSC(=S)O1. The fraction of sp³-hybridized carbons (Fsp3) is 0.800. The van der Waals surface area contributed by atoms with Gasteiger partial charge in [0.25, 0.3) is 0 Å². The predicted octanol–water partition coefficient (Wildman–Crippen LogP) is 1.81. The molecule has 1 aliphatic rings. The minimum atomic E-state index is 0.396. The van der Waals surface area contributed by atoms with Gasteiger partial charge in [0.05, 0.1) is 0 Å². The molecule has 1 nitrogen and oxygen atoms in total. The van der Waals surface area contributed by atoms with Crippen LogP contribution in [0.3, 0.4) is 0 Å². The molecule has 1 heterocycles. The van der Waals surface area contributed by atoms with Crippen LogP contribution in [0.5, 0.6) is 0 Å². The Bertz CT molecular complexity index is 103. The van der Waals surface area contributed by atoms with Gasteiger partial charge in [-0.15, -0.1) is 0 Å². The van der Waals surface area contributed by atoms with Crippen molar-refractivity contribution in [3.05, 3.63) is 0 Å². The van der Waals surface area contributed by atoms with E-state index in [1.807, 2.05) is 0 Å². The maximum atomic E-state index is 5.20. The predicted molar refractivity (Wildman–Crippen MR) is 40.2 cm³/mol. The van der Waals surface area contributed by atoms with E-state index in [-0.39, 0.29) is 0 Å². The number of hydrogen-bond acceptors (Lipinski definition) is 3. The van der Waals surface area contributed by atoms with E-state index < -0.39 is 0 Å². The van der Waals surface area contributed by atoms with E-state index in [0.29, 0.717) is 6.10 Å². The summed E-state index contributed by atoms with van der Waals surface area (Å²) in [5.41, 5.74) is 0. The van der Waals surface area contributed by atoms with Crippen molar-refractivity contribution in [2.24, 2.45) is 0 Å². The average molecular weight is 148 g/mol. The molecule has 8 heavy (non-hydrogen) atoms. The van der Waals surface area contributed by atoms with Crippen LogP contribution in [-0.4, -0.2) is 16.2 Å². The van der Waals surface area contributed by atoms with Gasteiger partial charge in [0.15, 0.2) is 0 Å². The fourth-order valence-corrected chi connectivity index (χ4v) is 1.74. The van der Waals surface area contributed by atoms with Crippen molar-refractivity contribution in [1.82, 2.24) is 0 Å². The lowest BCUT2D eigenvalue weighted by Gasteiger charge is -2.01. The van der Waals surface area contributed by atoms with Gasteiger partial charge >= 0.3 is 0 Å². The number of ether oxygens (including phenoxy) is 1.